The minimum Gasteiger partial charge on any atom is -0.387 e. The highest BCUT2D eigenvalue weighted by Crippen LogP contribution is 2.12. The fourth-order valence-corrected chi connectivity index (χ4v) is 1.75. The van der Waals surface area contributed by atoms with Crippen molar-refractivity contribution in [2.45, 2.75) is 26.4 Å². The van der Waals surface area contributed by atoms with Crippen LogP contribution in [0.4, 0.5) is 0 Å². The summed E-state index contributed by atoms with van der Waals surface area (Å²) in [5.74, 6) is 0.571. The van der Waals surface area contributed by atoms with Crippen molar-refractivity contribution in [3.63, 3.8) is 0 Å². The number of hydrogen-bond acceptors (Lipinski definition) is 4. The summed E-state index contributed by atoms with van der Waals surface area (Å²) in [6, 6.07) is 9.08. The average Bonchev–Trinajstić information content (AvgIpc) is 2.45. The van der Waals surface area contributed by atoms with Gasteiger partial charge in [0.2, 0.25) is 0 Å². The van der Waals surface area contributed by atoms with Gasteiger partial charge in [-0.3, -0.25) is 0 Å². The van der Waals surface area contributed by atoms with Crippen LogP contribution in [0.5, 0.6) is 0 Å². The summed E-state index contributed by atoms with van der Waals surface area (Å²) in [6.45, 7) is 7.14. The third-order valence-electron chi connectivity index (χ3n) is 2.86. The Morgan fingerprint density at radius 2 is 2.00 bits per heavy atom. The molecular weight excluding hydrogens is 252 g/mol. The number of hydrogen-bond donors (Lipinski definition) is 2. The van der Waals surface area contributed by atoms with Crippen LogP contribution in [0.2, 0.25) is 0 Å². The zero-order chi connectivity index (χ0) is 14.8. The van der Waals surface area contributed by atoms with Crippen molar-refractivity contribution in [3.8, 4) is 6.07 Å². The normalized spacial score (nSPS) is 12.3. The van der Waals surface area contributed by atoms with E-state index < -0.39 is 6.10 Å². The predicted molar refractivity (Wildman–Crippen MR) is 79.3 cm³/mol. The number of aliphatic hydroxyl groups excluding tert-OH is 1. The lowest BCUT2D eigenvalue weighted by molar-refractivity contribution is 0.106. The van der Waals surface area contributed by atoms with Gasteiger partial charge in [-0.1, -0.05) is 26.0 Å². The van der Waals surface area contributed by atoms with Gasteiger partial charge in [0.25, 0.3) is 0 Å². The minimum absolute atomic E-state index is 0.510. The van der Waals surface area contributed by atoms with Crippen LogP contribution in [0.3, 0.4) is 0 Å². The molecule has 0 aliphatic rings. The number of benzene rings is 1. The third-order valence-corrected chi connectivity index (χ3v) is 2.86. The van der Waals surface area contributed by atoms with Crippen LogP contribution in [0.25, 0.3) is 0 Å². The van der Waals surface area contributed by atoms with Gasteiger partial charge >= 0.3 is 0 Å². The van der Waals surface area contributed by atoms with Crippen LogP contribution in [0.1, 0.15) is 37.5 Å². The first-order chi connectivity index (χ1) is 9.63. The Kier molecular flexibility index (Phi) is 7.89. The van der Waals surface area contributed by atoms with Crippen LogP contribution < -0.4 is 5.32 Å². The fraction of sp³-hybridized carbons (Fsp3) is 0.562. The summed E-state index contributed by atoms with van der Waals surface area (Å²) in [4.78, 5) is 0. The van der Waals surface area contributed by atoms with E-state index in [-0.39, 0.29) is 0 Å². The van der Waals surface area contributed by atoms with Gasteiger partial charge in [0.15, 0.2) is 0 Å². The van der Waals surface area contributed by atoms with Crippen molar-refractivity contribution in [1.82, 2.24) is 5.32 Å². The number of nitrogens with one attached hydrogen (secondary N) is 1. The molecule has 2 N–H and O–H groups in total. The smallest absolute Gasteiger partial charge is 0.0991 e. The highest BCUT2D eigenvalue weighted by Gasteiger charge is 2.06. The fourth-order valence-electron chi connectivity index (χ4n) is 1.75. The van der Waals surface area contributed by atoms with Crippen molar-refractivity contribution < 1.29 is 9.84 Å². The molecule has 1 aromatic rings. The van der Waals surface area contributed by atoms with Gasteiger partial charge in [0.1, 0.15) is 0 Å². The summed E-state index contributed by atoms with van der Waals surface area (Å²) in [6.07, 6.45) is 0.395. The van der Waals surface area contributed by atoms with Gasteiger partial charge in [-0.15, -0.1) is 0 Å². The van der Waals surface area contributed by atoms with Crippen molar-refractivity contribution in [3.05, 3.63) is 35.4 Å². The zero-order valence-electron chi connectivity index (χ0n) is 12.3. The van der Waals surface area contributed by atoms with Crippen LogP contribution in [0, 0.1) is 17.2 Å². The van der Waals surface area contributed by atoms with E-state index >= 15 is 0 Å². The first kappa shape index (κ1) is 16.6. The molecule has 0 aromatic heterocycles. The molecular formula is C16H24N2O2. The van der Waals surface area contributed by atoms with E-state index in [1.54, 1.807) is 24.3 Å². The topological polar surface area (TPSA) is 65.3 Å². The van der Waals surface area contributed by atoms with Crippen molar-refractivity contribution in [2.24, 2.45) is 5.92 Å². The summed E-state index contributed by atoms with van der Waals surface area (Å²) in [5.41, 5.74) is 1.43. The second-order valence-electron chi connectivity index (χ2n) is 5.28. The van der Waals surface area contributed by atoms with Gasteiger partial charge in [0, 0.05) is 19.8 Å². The van der Waals surface area contributed by atoms with Gasteiger partial charge < -0.3 is 15.2 Å². The van der Waals surface area contributed by atoms with Crippen LogP contribution in [-0.4, -0.2) is 31.4 Å². The Morgan fingerprint density at radius 1 is 1.30 bits per heavy atom. The molecule has 1 aromatic carbocycles. The molecule has 0 saturated carbocycles. The van der Waals surface area contributed by atoms with E-state index in [9.17, 15) is 5.11 Å². The first-order valence-corrected chi connectivity index (χ1v) is 7.10. The van der Waals surface area contributed by atoms with Gasteiger partial charge in [-0.2, -0.15) is 5.26 Å². The number of rotatable bonds is 9. The lowest BCUT2D eigenvalue weighted by atomic mass is 10.1. The number of nitriles is 1. The standard InChI is InChI=1S/C16H24N2O2/c1-13(2)12-20-9-3-8-18-11-16(19)15-6-4-14(10-17)5-7-15/h4-7,13,16,18-19H,3,8-9,11-12H2,1-2H3. The summed E-state index contributed by atoms with van der Waals surface area (Å²) in [5, 5.41) is 21.9. The molecule has 1 atom stereocenters. The Bertz CT molecular complexity index is 409. The second kappa shape index (κ2) is 9.49. The van der Waals surface area contributed by atoms with Gasteiger partial charge in [-0.05, 0) is 36.6 Å². The monoisotopic (exact) mass is 276 g/mol. The van der Waals surface area contributed by atoms with E-state index in [0.29, 0.717) is 18.0 Å². The van der Waals surface area contributed by atoms with Crippen molar-refractivity contribution in [1.29, 1.82) is 5.26 Å². The molecule has 20 heavy (non-hydrogen) atoms. The maximum absolute atomic E-state index is 9.98. The summed E-state index contributed by atoms with van der Waals surface area (Å²) >= 11 is 0. The molecule has 0 spiro atoms. The highest BCUT2D eigenvalue weighted by atomic mass is 16.5. The molecule has 0 fully saturated rings. The predicted octanol–water partition coefficient (Wildman–Crippen LogP) is 2.24. The van der Waals surface area contributed by atoms with E-state index in [0.717, 1.165) is 31.7 Å². The van der Waals surface area contributed by atoms with E-state index in [4.69, 9.17) is 10.00 Å². The third kappa shape index (κ3) is 6.67. The van der Waals surface area contributed by atoms with Gasteiger partial charge in [0.05, 0.1) is 17.7 Å². The lowest BCUT2D eigenvalue weighted by Gasteiger charge is -2.12. The Balaban J connectivity index is 2.13. The maximum atomic E-state index is 9.98. The molecule has 0 saturated heterocycles. The first-order valence-electron chi connectivity index (χ1n) is 7.10. The van der Waals surface area contributed by atoms with Crippen LogP contribution in [0.15, 0.2) is 24.3 Å². The quantitative estimate of drug-likeness (QED) is 0.679. The van der Waals surface area contributed by atoms with Gasteiger partial charge in [-0.25, -0.2) is 0 Å². The maximum Gasteiger partial charge on any atom is 0.0991 e. The highest BCUT2D eigenvalue weighted by molar-refractivity contribution is 5.32. The minimum atomic E-state index is -0.542. The van der Waals surface area contributed by atoms with Crippen LogP contribution >= 0.6 is 0 Å². The summed E-state index contributed by atoms with van der Waals surface area (Å²) in [7, 11) is 0. The second-order valence-corrected chi connectivity index (χ2v) is 5.28. The Morgan fingerprint density at radius 3 is 2.60 bits per heavy atom. The number of ether oxygens (including phenoxy) is 1. The molecule has 1 unspecified atom stereocenters. The molecule has 4 nitrogen and oxygen atoms in total. The largest absolute Gasteiger partial charge is 0.387 e. The molecule has 0 aliphatic heterocycles. The van der Waals surface area contributed by atoms with E-state index in [1.807, 2.05) is 0 Å². The molecule has 0 amide bonds. The Hall–Kier alpha value is -1.41. The summed E-state index contributed by atoms with van der Waals surface area (Å²) < 4.78 is 5.48. The Labute approximate surface area is 121 Å². The molecule has 0 aliphatic carbocycles. The van der Waals surface area contributed by atoms with Crippen molar-refractivity contribution >= 4 is 0 Å². The van der Waals surface area contributed by atoms with Crippen LogP contribution in [-0.2, 0) is 4.74 Å². The van der Waals surface area contributed by atoms with E-state index in [1.165, 1.54) is 0 Å². The zero-order valence-corrected chi connectivity index (χ0v) is 12.3. The molecule has 1 rings (SSSR count). The van der Waals surface area contributed by atoms with E-state index in [2.05, 4.69) is 25.2 Å². The average molecular weight is 276 g/mol. The number of nitrogens with zero attached hydrogens (tertiary/aromatic N) is 1. The van der Waals surface area contributed by atoms with Crippen molar-refractivity contribution in [2.75, 3.05) is 26.3 Å². The molecule has 4 heteroatoms. The molecule has 0 radical (unpaired) electrons. The lowest BCUT2D eigenvalue weighted by Crippen LogP contribution is -2.23. The number of aliphatic hydroxyl groups is 1. The SMILES string of the molecule is CC(C)COCCCNCC(O)c1ccc(C#N)cc1. The molecule has 0 bridgehead atoms. The molecule has 0 heterocycles. The molecule has 110 valence electrons.